The van der Waals surface area contributed by atoms with Crippen molar-refractivity contribution in [3.05, 3.63) is 60.4 Å². The van der Waals surface area contributed by atoms with Crippen molar-refractivity contribution in [1.82, 2.24) is 20.6 Å². The van der Waals surface area contributed by atoms with Gasteiger partial charge < -0.3 is 35.3 Å². The lowest BCUT2D eigenvalue weighted by Gasteiger charge is -2.19. The highest BCUT2D eigenvalue weighted by molar-refractivity contribution is 5.95. The van der Waals surface area contributed by atoms with Gasteiger partial charge in [0.15, 0.2) is 18.2 Å². The maximum absolute atomic E-state index is 12.5. The van der Waals surface area contributed by atoms with Crippen molar-refractivity contribution < 1.29 is 33.7 Å². The zero-order chi connectivity index (χ0) is 27.9. The number of carbonyl (C=O) groups excluding carboxylic acids is 2. The number of carboxylic acid groups (broad SMARTS) is 1. The largest absolute Gasteiger partial charge is 0.490 e. The molecule has 3 amide bonds. The Kier molecular flexibility index (Phi) is 8.21. The molecule has 1 atom stereocenters. The summed E-state index contributed by atoms with van der Waals surface area (Å²) in [6, 6.07) is 13.2. The summed E-state index contributed by atoms with van der Waals surface area (Å²) in [5, 5.41) is 16.9. The molecule has 5 rings (SSSR count). The van der Waals surface area contributed by atoms with Gasteiger partial charge in [0.05, 0.1) is 19.3 Å². The zero-order valence-electron chi connectivity index (χ0n) is 21.5. The highest BCUT2D eigenvalue weighted by Gasteiger charge is 2.33. The Morgan fingerprint density at radius 1 is 1.15 bits per heavy atom. The van der Waals surface area contributed by atoms with Crippen LogP contribution in [-0.4, -0.2) is 72.1 Å². The van der Waals surface area contributed by atoms with Crippen molar-refractivity contribution >= 4 is 29.7 Å². The monoisotopic (exact) mass is 548 g/mol. The SMILES string of the molecule is O=C(O)NCCOc1cncc(-c2cccc(CNCC[C@H]3CN(c4ccc5c(n4)NC(=O)CO5)C(=O)O3)c2)c1. The fourth-order valence-corrected chi connectivity index (χ4v) is 4.30. The van der Waals surface area contributed by atoms with Crippen LogP contribution in [0.1, 0.15) is 12.0 Å². The highest BCUT2D eigenvalue weighted by atomic mass is 16.6. The number of anilines is 2. The molecular weight excluding hydrogens is 520 g/mol. The molecule has 2 aromatic heterocycles. The van der Waals surface area contributed by atoms with Gasteiger partial charge in [0, 0.05) is 18.3 Å². The predicted octanol–water partition coefficient (Wildman–Crippen LogP) is 2.63. The molecule has 4 heterocycles. The number of aromatic nitrogens is 2. The van der Waals surface area contributed by atoms with Gasteiger partial charge in [-0.25, -0.2) is 14.6 Å². The predicted molar refractivity (Wildman–Crippen MR) is 143 cm³/mol. The molecule has 1 aromatic carbocycles. The van der Waals surface area contributed by atoms with E-state index in [1.54, 1.807) is 24.5 Å². The van der Waals surface area contributed by atoms with Crippen LogP contribution in [0, 0.1) is 0 Å². The third-order valence-corrected chi connectivity index (χ3v) is 6.20. The van der Waals surface area contributed by atoms with Crippen molar-refractivity contribution in [1.29, 1.82) is 0 Å². The average Bonchev–Trinajstić information content (AvgIpc) is 3.33. The topological polar surface area (TPSA) is 164 Å². The van der Waals surface area contributed by atoms with Crippen molar-refractivity contribution in [2.75, 3.05) is 43.1 Å². The standard InChI is InChI=1S/C27H28N6O7/c34-24-16-39-22-4-5-23(31-25(22)32-24)33-15-20(40-27(33)37)6-7-28-12-17-2-1-3-18(10-17)19-11-21(14-29-13-19)38-9-8-30-26(35)36/h1-5,10-11,13-14,20,28,30H,6-9,12,15-16H2,(H,35,36)(H,31,32,34)/t20-/m0/s1. The number of fused-ring (bicyclic) bond motifs is 1. The van der Waals surface area contributed by atoms with Gasteiger partial charge >= 0.3 is 12.2 Å². The van der Waals surface area contributed by atoms with Gasteiger partial charge in [-0.15, -0.1) is 0 Å². The Morgan fingerprint density at radius 3 is 2.92 bits per heavy atom. The minimum absolute atomic E-state index is 0.0613. The van der Waals surface area contributed by atoms with E-state index in [2.05, 4.69) is 32.0 Å². The van der Waals surface area contributed by atoms with Gasteiger partial charge in [-0.05, 0) is 48.4 Å². The van der Waals surface area contributed by atoms with E-state index >= 15 is 0 Å². The van der Waals surface area contributed by atoms with Crippen LogP contribution in [0.25, 0.3) is 11.1 Å². The lowest BCUT2D eigenvalue weighted by atomic mass is 10.0. The van der Waals surface area contributed by atoms with E-state index in [9.17, 15) is 14.4 Å². The Bertz CT molecular complexity index is 1400. The number of hydrogen-bond donors (Lipinski definition) is 4. The number of hydrogen-bond acceptors (Lipinski definition) is 9. The van der Waals surface area contributed by atoms with E-state index in [1.165, 1.54) is 4.90 Å². The Hall–Kier alpha value is -4.91. The van der Waals surface area contributed by atoms with E-state index in [0.717, 1.165) is 16.7 Å². The second-order valence-electron chi connectivity index (χ2n) is 9.12. The first-order valence-corrected chi connectivity index (χ1v) is 12.7. The normalized spacial score (nSPS) is 16.0. The molecule has 0 saturated carbocycles. The molecule has 2 aliphatic heterocycles. The van der Waals surface area contributed by atoms with Gasteiger partial charge in [-0.3, -0.25) is 14.7 Å². The van der Waals surface area contributed by atoms with Crippen LogP contribution in [0.15, 0.2) is 54.9 Å². The number of benzene rings is 1. The van der Waals surface area contributed by atoms with Crippen LogP contribution in [0.3, 0.4) is 0 Å². The van der Waals surface area contributed by atoms with Crippen LogP contribution in [0.2, 0.25) is 0 Å². The second-order valence-corrected chi connectivity index (χ2v) is 9.12. The molecule has 13 nitrogen and oxygen atoms in total. The molecule has 0 bridgehead atoms. The van der Waals surface area contributed by atoms with Gasteiger partial charge in [0.25, 0.3) is 5.91 Å². The molecule has 0 spiro atoms. The molecule has 1 saturated heterocycles. The number of nitrogens with zero attached hydrogens (tertiary/aromatic N) is 3. The average molecular weight is 549 g/mol. The summed E-state index contributed by atoms with van der Waals surface area (Å²) < 4.78 is 16.4. The molecule has 1 fully saturated rings. The molecule has 40 heavy (non-hydrogen) atoms. The Labute approximate surface area is 229 Å². The molecule has 0 unspecified atom stereocenters. The summed E-state index contributed by atoms with van der Waals surface area (Å²) >= 11 is 0. The molecule has 13 heteroatoms. The number of pyridine rings is 2. The van der Waals surface area contributed by atoms with E-state index in [1.807, 2.05) is 24.3 Å². The van der Waals surface area contributed by atoms with E-state index < -0.39 is 12.2 Å². The summed E-state index contributed by atoms with van der Waals surface area (Å²) in [4.78, 5) is 44.6. The maximum Gasteiger partial charge on any atom is 0.415 e. The van der Waals surface area contributed by atoms with Crippen molar-refractivity contribution in [3.8, 4) is 22.6 Å². The number of rotatable bonds is 11. The smallest absolute Gasteiger partial charge is 0.415 e. The first-order valence-electron chi connectivity index (χ1n) is 12.7. The maximum atomic E-state index is 12.5. The van der Waals surface area contributed by atoms with E-state index in [0.29, 0.717) is 43.4 Å². The molecule has 4 N–H and O–H groups in total. The zero-order valence-corrected chi connectivity index (χ0v) is 21.5. The lowest BCUT2D eigenvalue weighted by Crippen LogP contribution is -2.29. The fourth-order valence-electron chi connectivity index (χ4n) is 4.30. The second kappa shape index (κ2) is 12.3. The van der Waals surface area contributed by atoms with Crippen molar-refractivity contribution in [2.45, 2.75) is 19.1 Å². The van der Waals surface area contributed by atoms with E-state index in [-0.39, 0.29) is 37.6 Å². The van der Waals surface area contributed by atoms with Crippen LogP contribution in [0.5, 0.6) is 11.5 Å². The van der Waals surface area contributed by atoms with Crippen molar-refractivity contribution in [2.24, 2.45) is 0 Å². The summed E-state index contributed by atoms with van der Waals surface area (Å²) in [5.41, 5.74) is 2.92. The van der Waals surface area contributed by atoms with Crippen LogP contribution in [-0.2, 0) is 16.1 Å². The molecular formula is C27H28N6O7. The van der Waals surface area contributed by atoms with Gasteiger partial charge in [0.1, 0.15) is 24.3 Å². The molecule has 0 radical (unpaired) electrons. The quantitative estimate of drug-likeness (QED) is 0.262. The van der Waals surface area contributed by atoms with Crippen LogP contribution >= 0.6 is 0 Å². The third kappa shape index (κ3) is 6.74. The lowest BCUT2D eigenvalue weighted by molar-refractivity contribution is -0.118. The summed E-state index contributed by atoms with van der Waals surface area (Å²) in [5.74, 6) is 1.40. The van der Waals surface area contributed by atoms with Crippen molar-refractivity contribution in [3.63, 3.8) is 0 Å². The van der Waals surface area contributed by atoms with Crippen LogP contribution < -0.4 is 30.3 Å². The molecule has 0 aliphatic carbocycles. The first kappa shape index (κ1) is 26.7. The third-order valence-electron chi connectivity index (χ3n) is 6.20. The van der Waals surface area contributed by atoms with E-state index in [4.69, 9.17) is 19.3 Å². The molecule has 208 valence electrons. The summed E-state index contributed by atoms with van der Waals surface area (Å²) in [6.45, 7) is 1.93. The van der Waals surface area contributed by atoms with Crippen LogP contribution in [0.4, 0.5) is 21.2 Å². The number of carbonyl (C=O) groups is 3. The number of ether oxygens (including phenoxy) is 3. The Morgan fingerprint density at radius 2 is 2.05 bits per heavy atom. The number of nitrogens with one attached hydrogen (secondary N) is 3. The first-order chi connectivity index (χ1) is 19.4. The van der Waals surface area contributed by atoms with Gasteiger partial charge in [-0.2, -0.15) is 0 Å². The summed E-state index contributed by atoms with van der Waals surface area (Å²) in [7, 11) is 0. The number of amides is 3. The van der Waals surface area contributed by atoms with Gasteiger partial charge in [-0.1, -0.05) is 18.2 Å². The fraction of sp³-hybridized carbons (Fsp3) is 0.296. The Balaban J connectivity index is 1.10. The molecule has 2 aliphatic rings. The number of cyclic esters (lactones) is 1. The molecule has 3 aromatic rings. The summed E-state index contributed by atoms with van der Waals surface area (Å²) in [6.07, 6.45) is 2.07. The minimum atomic E-state index is -1.09. The van der Waals surface area contributed by atoms with Gasteiger partial charge in [0.2, 0.25) is 0 Å². The highest BCUT2D eigenvalue weighted by Crippen LogP contribution is 2.30. The minimum Gasteiger partial charge on any atom is -0.490 e.